The van der Waals surface area contributed by atoms with Crippen molar-refractivity contribution in [3.05, 3.63) is 15.8 Å². The fraction of sp³-hybridized carbons (Fsp3) is 0.667. The second-order valence-corrected chi connectivity index (χ2v) is 4.47. The summed E-state index contributed by atoms with van der Waals surface area (Å²) in [5.41, 5.74) is 0.436. The minimum atomic E-state index is -0.929. The van der Waals surface area contributed by atoms with Crippen molar-refractivity contribution < 1.29 is 14.8 Å². The number of aliphatic carboxylic acids is 1. The molecule has 0 amide bonds. The number of carboxylic acids is 1. The van der Waals surface area contributed by atoms with Gasteiger partial charge in [0.25, 0.3) is 0 Å². The van der Waals surface area contributed by atoms with Gasteiger partial charge < -0.3 is 10.0 Å². The maximum Gasteiger partial charge on any atom is 0.334 e. The molecule has 0 atom stereocenters. The molecule has 0 aliphatic rings. The normalized spacial score (nSPS) is 10.6. The van der Waals surface area contributed by atoms with Crippen molar-refractivity contribution in [1.82, 2.24) is 9.78 Å². The maximum absolute atomic E-state index is 11.3. The average Bonchev–Trinajstić information content (AvgIpc) is 2.67. The molecule has 0 unspecified atom stereocenters. The molecule has 112 valence electrons. The molecule has 1 aromatic heterocycles. The summed E-state index contributed by atoms with van der Waals surface area (Å²) in [5, 5.41) is 24.3. The Bertz CT molecular complexity index is 498. The van der Waals surface area contributed by atoms with Crippen molar-refractivity contribution in [1.29, 1.82) is 0 Å². The van der Waals surface area contributed by atoms with Crippen LogP contribution in [0.2, 0.25) is 0 Å². The van der Waals surface area contributed by atoms with Gasteiger partial charge in [0.15, 0.2) is 0 Å². The second-order valence-electron chi connectivity index (χ2n) is 4.47. The van der Waals surface area contributed by atoms with E-state index in [0.717, 1.165) is 6.42 Å². The van der Waals surface area contributed by atoms with Gasteiger partial charge in [-0.3, -0.25) is 14.9 Å². The summed E-state index contributed by atoms with van der Waals surface area (Å²) >= 11 is 0. The summed E-state index contributed by atoms with van der Waals surface area (Å²) in [7, 11) is 1.64. The zero-order chi connectivity index (χ0) is 15.3. The smallest absolute Gasteiger partial charge is 0.334 e. The van der Waals surface area contributed by atoms with Crippen molar-refractivity contribution >= 4 is 17.5 Å². The van der Waals surface area contributed by atoms with Crippen molar-refractivity contribution in [2.75, 3.05) is 18.0 Å². The first-order chi connectivity index (χ1) is 9.42. The van der Waals surface area contributed by atoms with Gasteiger partial charge in [0.1, 0.15) is 5.69 Å². The topological polar surface area (TPSA) is 102 Å². The minimum Gasteiger partial charge on any atom is -0.481 e. The molecular formula is C12H20N4O4. The van der Waals surface area contributed by atoms with E-state index in [2.05, 4.69) is 5.10 Å². The lowest BCUT2D eigenvalue weighted by atomic mass is 10.2. The van der Waals surface area contributed by atoms with Gasteiger partial charge in [0.05, 0.1) is 11.3 Å². The van der Waals surface area contributed by atoms with Gasteiger partial charge >= 0.3 is 11.7 Å². The number of carboxylic acid groups (broad SMARTS) is 1. The van der Waals surface area contributed by atoms with E-state index in [9.17, 15) is 14.9 Å². The van der Waals surface area contributed by atoms with Gasteiger partial charge in [-0.15, -0.1) is 0 Å². The van der Waals surface area contributed by atoms with E-state index in [1.54, 1.807) is 11.9 Å². The van der Waals surface area contributed by atoms with Crippen LogP contribution in [-0.4, -0.2) is 38.9 Å². The molecule has 1 aromatic rings. The molecule has 8 nitrogen and oxygen atoms in total. The molecule has 0 aliphatic heterocycles. The SMILES string of the molecule is CCCc1nn(C)c(N(CC)CCC(=O)O)c1[N+](=O)[O-]. The van der Waals surface area contributed by atoms with Crippen LogP contribution < -0.4 is 4.90 Å². The molecule has 0 spiro atoms. The van der Waals surface area contributed by atoms with Crippen LogP contribution in [-0.2, 0) is 18.3 Å². The Morgan fingerprint density at radius 1 is 1.50 bits per heavy atom. The van der Waals surface area contributed by atoms with E-state index in [4.69, 9.17) is 5.11 Å². The fourth-order valence-corrected chi connectivity index (χ4v) is 2.15. The molecule has 0 fully saturated rings. The zero-order valence-corrected chi connectivity index (χ0v) is 12.0. The molecule has 0 radical (unpaired) electrons. The van der Waals surface area contributed by atoms with Crippen molar-refractivity contribution in [3.63, 3.8) is 0 Å². The van der Waals surface area contributed by atoms with Crippen molar-refractivity contribution in [2.24, 2.45) is 7.05 Å². The number of carbonyl (C=O) groups is 1. The standard InChI is InChI=1S/C12H20N4O4/c1-4-6-9-11(16(19)20)12(14(3)13-9)15(5-2)8-7-10(17)18/h4-8H2,1-3H3,(H,17,18). The van der Waals surface area contributed by atoms with Crippen LogP contribution in [0.15, 0.2) is 0 Å². The van der Waals surface area contributed by atoms with Crippen molar-refractivity contribution in [3.8, 4) is 0 Å². The molecule has 0 bridgehead atoms. The van der Waals surface area contributed by atoms with Crippen LogP contribution in [0.4, 0.5) is 11.5 Å². The third-order valence-electron chi connectivity index (χ3n) is 3.01. The highest BCUT2D eigenvalue weighted by Gasteiger charge is 2.29. The van der Waals surface area contributed by atoms with Gasteiger partial charge in [0, 0.05) is 20.1 Å². The molecule has 1 rings (SSSR count). The molecule has 0 aromatic carbocycles. The molecule has 1 N–H and O–H groups in total. The van der Waals surface area contributed by atoms with Crippen LogP contribution in [0.3, 0.4) is 0 Å². The number of aryl methyl sites for hydroxylation is 2. The van der Waals surface area contributed by atoms with Gasteiger partial charge in [-0.2, -0.15) is 5.10 Å². The number of hydrogen-bond acceptors (Lipinski definition) is 5. The Kier molecular flexibility index (Phi) is 5.48. The van der Waals surface area contributed by atoms with Crippen LogP contribution in [0, 0.1) is 10.1 Å². The predicted molar refractivity (Wildman–Crippen MR) is 74.0 cm³/mol. The van der Waals surface area contributed by atoms with Crippen LogP contribution in [0.5, 0.6) is 0 Å². The van der Waals surface area contributed by atoms with E-state index in [0.29, 0.717) is 24.5 Å². The summed E-state index contributed by atoms with van der Waals surface area (Å²) in [5.74, 6) is -0.552. The van der Waals surface area contributed by atoms with E-state index in [-0.39, 0.29) is 18.7 Å². The highest BCUT2D eigenvalue weighted by Crippen LogP contribution is 2.32. The Morgan fingerprint density at radius 3 is 2.60 bits per heavy atom. The summed E-state index contributed by atoms with van der Waals surface area (Å²) in [6.45, 7) is 4.47. The fourth-order valence-electron chi connectivity index (χ4n) is 2.15. The Labute approximate surface area is 117 Å². The first-order valence-corrected chi connectivity index (χ1v) is 6.59. The minimum absolute atomic E-state index is 0.0124. The molecule has 0 aliphatic carbocycles. The van der Waals surface area contributed by atoms with E-state index in [1.165, 1.54) is 4.68 Å². The lowest BCUT2D eigenvalue weighted by Crippen LogP contribution is -2.28. The van der Waals surface area contributed by atoms with Crippen molar-refractivity contribution in [2.45, 2.75) is 33.1 Å². The van der Waals surface area contributed by atoms with Gasteiger partial charge in [-0.1, -0.05) is 13.3 Å². The molecule has 0 saturated heterocycles. The van der Waals surface area contributed by atoms with Crippen LogP contribution in [0.25, 0.3) is 0 Å². The van der Waals surface area contributed by atoms with Gasteiger partial charge in [-0.05, 0) is 13.3 Å². The van der Waals surface area contributed by atoms with Gasteiger partial charge in [0.2, 0.25) is 5.82 Å². The highest BCUT2D eigenvalue weighted by molar-refractivity contribution is 5.68. The first-order valence-electron chi connectivity index (χ1n) is 6.59. The van der Waals surface area contributed by atoms with Crippen LogP contribution in [0.1, 0.15) is 32.4 Å². The molecule has 0 saturated carbocycles. The zero-order valence-electron chi connectivity index (χ0n) is 12.0. The number of nitrogens with zero attached hydrogens (tertiary/aromatic N) is 4. The molecule has 1 heterocycles. The second kappa shape index (κ2) is 6.88. The largest absolute Gasteiger partial charge is 0.481 e. The lowest BCUT2D eigenvalue weighted by molar-refractivity contribution is -0.384. The summed E-state index contributed by atoms with van der Waals surface area (Å²) in [6, 6.07) is 0. The lowest BCUT2D eigenvalue weighted by Gasteiger charge is -2.21. The van der Waals surface area contributed by atoms with Gasteiger partial charge in [-0.25, -0.2) is 4.68 Å². The molecular weight excluding hydrogens is 264 g/mol. The van der Waals surface area contributed by atoms with E-state index < -0.39 is 10.9 Å². The first kappa shape index (κ1) is 15.9. The molecule has 20 heavy (non-hydrogen) atoms. The average molecular weight is 284 g/mol. The highest BCUT2D eigenvalue weighted by atomic mass is 16.6. The summed E-state index contributed by atoms with van der Waals surface area (Å²) < 4.78 is 1.47. The van der Waals surface area contributed by atoms with Crippen LogP contribution >= 0.6 is 0 Å². The summed E-state index contributed by atoms with van der Waals surface area (Å²) in [4.78, 5) is 23.2. The third kappa shape index (κ3) is 3.46. The number of hydrogen-bond donors (Lipinski definition) is 1. The predicted octanol–water partition coefficient (Wildman–Crippen LogP) is 1.58. The third-order valence-corrected chi connectivity index (χ3v) is 3.01. The number of rotatable bonds is 8. The Balaban J connectivity index is 3.19. The quantitative estimate of drug-likeness (QED) is 0.574. The van der Waals surface area contributed by atoms with E-state index in [1.807, 2.05) is 13.8 Å². The van der Waals surface area contributed by atoms with E-state index >= 15 is 0 Å². The number of anilines is 1. The molecule has 8 heteroatoms. The summed E-state index contributed by atoms with van der Waals surface area (Å²) in [6.07, 6.45) is 1.22. The maximum atomic E-state index is 11.3. The number of nitro groups is 1. The Hall–Kier alpha value is -2.12. The number of aromatic nitrogens is 2. The monoisotopic (exact) mass is 284 g/mol. The Morgan fingerprint density at radius 2 is 2.15 bits per heavy atom.